The van der Waals surface area contributed by atoms with Crippen LogP contribution >= 0.6 is 7.82 Å². The molecular formula is C9H12N3Na2O7P. The summed E-state index contributed by atoms with van der Waals surface area (Å²) in [5, 5.41) is 9.70. The zero-order valence-electron chi connectivity index (χ0n) is 12.1. The molecule has 3 N–H and O–H groups in total. The average molecular weight is 351 g/mol. The van der Waals surface area contributed by atoms with Crippen LogP contribution in [0.25, 0.3) is 0 Å². The summed E-state index contributed by atoms with van der Waals surface area (Å²) in [6.07, 6.45) is -1.56. The number of phosphoric ester groups is 1. The molecule has 1 aliphatic heterocycles. The molecule has 1 aliphatic rings. The molecule has 2 rings (SSSR count). The molecule has 0 unspecified atom stereocenters. The predicted octanol–water partition coefficient (Wildman–Crippen LogP) is -8.67. The van der Waals surface area contributed by atoms with Crippen molar-refractivity contribution in [1.29, 1.82) is 0 Å². The summed E-state index contributed by atoms with van der Waals surface area (Å²) in [7, 11) is -5.14. The number of nitrogens with two attached hydrogens (primary N) is 1. The smallest absolute Gasteiger partial charge is 0.790 e. The van der Waals surface area contributed by atoms with Gasteiger partial charge in [0.2, 0.25) is 0 Å². The Hall–Kier alpha value is 0.710. The zero-order valence-corrected chi connectivity index (χ0v) is 17.0. The van der Waals surface area contributed by atoms with Gasteiger partial charge in [-0.15, -0.1) is 0 Å². The Balaban J connectivity index is 0.00000220. The van der Waals surface area contributed by atoms with E-state index in [-0.39, 0.29) is 71.4 Å². The van der Waals surface area contributed by atoms with Gasteiger partial charge in [-0.3, -0.25) is 4.57 Å². The number of aliphatic hydroxyl groups is 1. The van der Waals surface area contributed by atoms with Gasteiger partial charge in [0.05, 0.1) is 20.5 Å². The standard InChI is InChI=1S/C9H14N3O7P.2Na/c10-7-1-2-12(9(14)11-7)8-3-5(13)6(19-8)4-18-20(15,16)17;;/h1-2,5-6,8,13H,3-4H2,(H2,10,11,14)(H2,15,16,17);;/q;2*+1/p-2/t5-,6-,8-;;/m1../s1. The van der Waals surface area contributed by atoms with Crippen LogP contribution in [0.4, 0.5) is 5.82 Å². The maximum absolute atomic E-state index is 11.6. The molecule has 0 bridgehead atoms. The Bertz CT molecular complexity index is 595. The first-order valence-electron chi connectivity index (χ1n) is 5.61. The van der Waals surface area contributed by atoms with Crippen LogP contribution in [-0.2, 0) is 13.8 Å². The van der Waals surface area contributed by atoms with Crippen LogP contribution in [0.3, 0.4) is 0 Å². The normalized spacial score (nSPS) is 24.4. The number of anilines is 1. The van der Waals surface area contributed by atoms with Crippen molar-refractivity contribution in [2.45, 2.75) is 24.9 Å². The van der Waals surface area contributed by atoms with Crippen molar-refractivity contribution >= 4 is 13.6 Å². The van der Waals surface area contributed by atoms with Gasteiger partial charge < -0.3 is 34.5 Å². The fourth-order valence-electron chi connectivity index (χ4n) is 1.85. The van der Waals surface area contributed by atoms with Crippen molar-refractivity contribution in [1.82, 2.24) is 9.55 Å². The second-order valence-corrected chi connectivity index (χ2v) is 5.37. The number of aromatic nitrogens is 2. The summed E-state index contributed by atoms with van der Waals surface area (Å²) in [5.41, 5.74) is 4.68. The van der Waals surface area contributed by atoms with E-state index >= 15 is 0 Å². The Kier molecular flexibility index (Phi) is 9.56. The van der Waals surface area contributed by atoms with E-state index in [2.05, 4.69) is 9.51 Å². The minimum absolute atomic E-state index is 0. The quantitative estimate of drug-likeness (QED) is 0.396. The Morgan fingerprint density at radius 1 is 1.55 bits per heavy atom. The molecule has 0 aromatic carbocycles. The number of hydrogen-bond acceptors (Lipinski definition) is 9. The number of ether oxygens (including phenoxy) is 1. The predicted molar refractivity (Wildman–Crippen MR) is 61.0 cm³/mol. The molecule has 13 heteroatoms. The van der Waals surface area contributed by atoms with Gasteiger partial charge in [0, 0.05) is 12.6 Å². The fraction of sp³-hybridized carbons (Fsp3) is 0.556. The third-order valence-electron chi connectivity index (χ3n) is 2.76. The van der Waals surface area contributed by atoms with Crippen LogP contribution < -0.4 is 80.3 Å². The van der Waals surface area contributed by atoms with Gasteiger partial charge in [-0.05, 0) is 6.07 Å². The molecule has 2 heterocycles. The minimum atomic E-state index is -5.14. The van der Waals surface area contributed by atoms with Crippen molar-refractivity contribution in [3.8, 4) is 0 Å². The molecule has 0 saturated carbocycles. The van der Waals surface area contributed by atoms with Gasteiger partial charge in [0.1, 0.15) is 18.1 Å². The van der Waals surface area contributed by atoms with Crippen LogP contribution in [0.5, 0.6) is 0 Å². The Labute approximate surface area is 169 Å². The third kappa shape index (κ3) is 6.31. The molecule has 22 heavy (non-hydrogen) atoms. The summed E-state index contributed by atoms with van der Waals surface area (Å²) >= 11 is 0. The molecule has 112 valence electrons. The third-order valence-corrected chi connectivity index (χ3v) is 3.23. The van der Waals surface area contributed by atoms with Crippen LogP contribution in [0.15, 0.2) is 17.1 Å². The summed E-state index contributed by atoms with van der Waals surface area (Å²) in [6.45, 7) is -0.612. The first-order valence-corrected chi connectivity index (χ1v) is 7.07. The number of nitrogen functional groups attached to an aromatic ring is 1. The van der Waals surface area contributed by atoms with Crippen LogP contribution in [-0.4, -0.2) is 33.5 Å². The van der Waals surface area contributed by atoms with Gasteiger partial charge in [-0.25, -0.2) is 4.79 Å². The minimum Gasteiger partial charge on any atom is -0.790 e. The van der Waals surface area contributed by atoms with Gasteiger partial charge in [0.25, 0.3) is 0 Å². The number of aliphatic hydroxyl groups excluding tert-OH is 1. The molecule has 0 amide bonds. The van der Waals surface area contributed by atoms with Crippen molar-refractivity contribution < 1.29 is 87.8 Å². The van der Waals surface area contributed by atoms with Gasteiger partial charge in [-0.2, -0.15) is 4.98 Å². The second kappa shape index (κ2) is 9.26. The topological polar surface area (TPSA) is 163 Å². The maximum Gasteiger partial charge on any atom is 1.00 e. The van der Waals surface area contributed by atoms with Crippen LogP contribution in [0.2, 0.25) is 0 Å². The van der Waals surface area contributed by atoms with Gasteiger partial charge in [0.15, 0.2) is 0 Å². The zero-order chi connectivity index (χ0) is 14.9. The average Bonchev–Trinajstić information content (AvgIpc) is 2.67. The van der Waals surface area contributed by atoms with Crippen LogP contribution in [0, 0.1) is 0 Å². The number of nitrogens with zero attached hydrogens (tertiary/aromatic N) is 2. The molecular weight excluding hydrogens is 339 g/mol. The van der Waals surface area contributed by atoms with E-state index in [9.17, 15) is 24.3 Å². The SMILES string of the molecule is Nc1ccn([C@H]2C[C@@H](O)[C@@H](COP(=O)([O-])[O-])O2)c(=O)n1.[Na+].[Na+]. The molecule has 1 saturated heterocycles. The van der Waals surface area contributed by atoms with E-state index < -0.39 is 38.6 Å². The summed E-state index contributed by atoms with van der Waals surface area (Å²) in [4.78, 5) is 35.8. The molecule has 1 aromatic heterocycles. The first-order chi connectivity index (χ1) is 9.26. The van der Waals surface area contributed by atoms with Crippen molar-refractivity contribution in [2.24, 2.45) is 0 Å². The second-order valence-electron chi connectivity index (χ2n) is 4.22. The van der Waals surface area contributed by atoms with E-state index in [1.807, 2.05) is 0 Å². The molecule has 0 radical (unpaired) electrons. The Morgan fingerprint density at radius 3 is 2.73 bits per heavy atom. The molecule has 1 aromatic rings. The molecule has 0 aliphatic carbocycles. The van der Waals surface area contributed by atoms with Gasteiger partial charge >= 0.3 is 64.8 Å². The van der Waals surface area contributed by atoms with E-state index in [4.69, 9.17) is 10.5 Å². The number of rotatable bonds is 4. The molecule has 1 fully saturated rings. The van der Waals surface area contributed by atoms with E-state index in [0.29, 0.717) is 0 Å². The van der Waals surface area contributed by atoms with E-state index in [0.717, 1.165) is 4.57 Å². The molecule has 10 nitrogen and oxygen atoms in total. The fourth-order valence-corrected chi connectivity index (χ4v) is 2.18. The summed E-state index contributed by atoms with van der Waals surface area (Å²) < 4.78 is 20.8. The number of phosphoric acid groups is 1. The van der Waals surface area contributed by atoms with Crippen LogP contribution in [0.1, 0.15) is 12.6 Å². The summed E-state index contributed by atoms with van der Waals surface area (Å²) in [5.74, 6) is 0.0447. The van der Waals surface area contributed by atoms with E-state index in [1.54, 1.807) is 0 Å². The Morgan fingerprint density at radius 2 is 2.18 bits per heavy atom. The largest absolute Gasteiger partial charge is 1.00 e. The molecule has 3 atom stereocenters. The number of hydrogen-bond donors (Lipinski definition) is 2. The summed E-state index contributed by atoms with van der Waals surface area (Å²) in [6, 6.07) is 1.38. The van der Waals surface area contributed by atoms with Gasteiger partial charge in [-0.1, -0.05) is 0 Å². The molecule has 0 spiro atoms. The van der Waals surface area contributed by atoms with Crippen molar-refractivity contribution in [3.05, 3.63) is 22.7 Å². The maximum atomic E-state index is 11.6. The first kappa shape index (κ1) is 22.7. The van der Waals surface area contributed by atoms with Crippen molar-refractivity contribution in [3.63, 3.8) is 0 Å². The monoisotopic (exact) mass is 351 g/mol. The van der Waals surface area contributed by atoms with Crippen molar-refractivity contribution in [2.75, 3.05) is 12.3 Å². The van der Waals surface area contributed by atoms with E-state index in [1.165, 1.54) is 12.3 Å².